The molecule has 0 bridgehead atoms. The van der Waals surface area contributed by atoms with Gasteiger partial charge >= 0.3 is 17.9 Å². The van der Waals surface area contributed by atoms with Crippen molar-refractivity contribution in [2.75, 3.05) is 5.75 Å². The molecule has 0 amide bonds. The summed E-state index contributed by atoms with van der Waals surface area (Å²) < 4.78 is 22.2. The topological polar surface area (TPSA) is 114 Å². The van der Waals surface area contributed by atoms with Crippen LogP contribution in [0.5, 0.6) is 5.75 Å². The molecule has 1 fully saturated rings. The van der Waals surface area contributed by atoms with Crippen LogP contribution < -0.4 is 4.74 Å². The summed E-state index contributed by atoms with van der Waals surface area (Å²) in [6.45, 7) is 3.70. The number of pyridine rings is 2. The molecule has 3 rings (SSSR count). The Bertz CT molecular complexity index is 1010. The van der Waals surface area contributed by atoms with E-state index in [1.807, 2.05) is 0 Å². The molecule has 32 heavy (non-hydrogen) atoms. The van der Waals surface area contributed by atoms with Crippen molar-refractivity contribution in [2.24, 2.45) is 0 Å². The monoisotopic (exact) mass is 480 g/mol. The van der Waals surface area contributed by atoms with Crippen LogP contribution in [0.2, 0.25) is 5.02 Å². The number of thioether (sulfide) groups is 1. The van der Waals surface area contributed by atoms with E-state index in [-0.39, 0.29) is 5.75 Å². The largest absolute Gasteiger partial charge is 0.474 e. The Morgan fingerprint density at radius 3 is 2.31 bits per heavy atom. The van der Waals surface area contributed by atoms with E-state index in [1.54, 1.807) is 24.5 Å². The Morgan fingerprint density at radius 1 is 0.969 bits per heavy atom. The first-order valence-electron chi connectivity index (χ1n) is 9.59. The number of carbonyl (C=O) groups is 3. The number of aromatic nitrogens is 2. The lowest BCUT2D eigenvalue weighted by molar-refractivity contribution is -0.186. The van der Waals surface area contributed by atoms with Crippen molar-refractivity contribution >= 4 is 41.3 Å². The highest BCUT2D eigenvalue weighted by atomic mass is 35.5. The second-order valence-corrected chi connectivity index (χ2v) is 8.42. The van der Waals surface area contributed by atoms with E-state index < -0.39 is 41.7 Å². The molecule has 4 atom stereocenters. The number of nitrogens with zero attached hydrogens (tertiary/aromatic N) is 2. The highest BCUT2D eigenvalue weighted by molar-refractivity contribution is 7.99. The molecule has 0 aliphatic carbocycles. The minimum Gasteiger partial charge on any atom is -0.474 e. The van der Waals surface area contributed by atoms with Gasteiger partial charge in [-0.25, -0.2) is 0 Å². The Morgan fingerprint density at radius 2 is 1.66 bits per heavy atom. The lowest BCUT2D eigenvalue weighted by atomic mass is 10.1. The van der Waals surface area contributed by atoms with Crippen molar-refractivity contribution < 1.29 is 33.3 Å². The predicted molar refractivity (Wildman–Crippen MR) is 116 cm³/mol. The summed E-state index contributed by atoms with van der Waals surface area (Å²) in [7, 11) is 0. The second-order valence-electron chi connectivity index (χ2n) is 6.88. The van der Waals surface area contributed by atoms with E-state index in [1.165, 1.54) is 44.9 Å². The van der Waals surface area contributed by atoms with Crippen LogP contribution in [-0.2, 0) is 28.6 Å². The highest BCUT2D eigenvalue weighted by Crippen LogP contribution is 2.35. The van der Waals surface area contributed by atoms with Crippen LogP contribution in [0.15, 0.2) is 36.9 Å². The van der Waals surface area contributed by atoms with Crippen LogP contribution in [-0.4, -0.2) is 57.4 Å². The molecule has 1 aliphatic rings. The van der Waals surface area contributed by atoms with E-state index >= 15 is 0 Å². The molecule has 0 radical (unpaired) electrons. The zero-order chi connectivity index (χ0) is 23.3. The summed E-state index contributed by atoms with van der Waals surface area (Å²) in [6.07, 6.45) is 3.42. The number of esters is 3. The normalized spacial score (nSPS) is 22.5. The maximum absolute atomic E-state index is 11.8. The molecule has 1 unspecified atom stereocenters. The number of hydrogen-bond donors (Lipinski definition) is 0. The number of rotatable bonds is 6. The molecule has 3 heterocycles. The molecule has 170 valence electrons. The van der Waals surface area contributed by atoms with E-state index in [0.717, 1.165) is 5.56 Å². The molecule has 0 saturated carbocycles. The SMILES string of the molecule is CC(=O)O[C@H]1[C@H](OC(C)=O)CSC(Oc2cncc(-c3ccncc3Cl)c2)[C@@H]1OC(C)=O. The molecule has 1 saturated heterocycles. The number of carbonyl (C=O) groups excluding carboxylic acids is 3. The highest BCUT2D eigenvalue weighted by Gasteiger charge is 2.47. The zero-order valence-corrected chi connectivity index (χ0v) is 19.1. The van der Waals surface area contributed by atoms with Gasteiger partial charge in [0.2, 0.25) is 0 Å². The van der Waals surface area contributed by atoms with E-state index in [0.29, 0.717) is 16.3 Å². The van der Waals surface area contributed by atoms with Crippen molar-refractivity contribution in [2.45, 2.75) is 44.5 Å². The molecule has 0 spiro atoms. The van der Waals surface area contributed by atoms with Gasteiger partial charge in [-0.1, -0.05) is 11.6 Å². The predicted octanol–water partition coefficient (Wildman–Crippen LogP) is 3.04. The summed E-state index contributed by atoms with van der Waals surface area (Å²) in [4.78, 5) is 43.2. The summed E-state index contributed by atoms with van der Waals surface area (Å²) in [5, 5.41) is 0.454. The smallest absolute Gasteiger partial charge is 0.303 e. The summed E-state index contributed by atoms with van der Waals surface area (Å²) in [5.41, 5.74) is 0.675. The first-order valence-corrected chi connectivity index (χ1v) is 11.0. The van der Waals surface area contributed by atoms with Crippen molar-refractivity contribution in [1.29, 1.82) is 0 Å². The fourth-order valence-corrected chi connectivity index (χ4v) is 4.63. The van der Waals surface area contributed by atoms with Crippen molar-refractivity contribution in [1.82, 2.24) is 9.97 Å². The first kappa shape index (κ1) is 23.8. The molecule has 0 aromatic carbocycles. The van der Waals surface area contributed by atoms with Crippen LogP contribution in [0.3, 0.4) is 0 Å². The molecule has 2 aromatic heterocycles. The van der Waals surface area contributed by atoms with Gasteiger partial charge in [0.05, 0.1) is 11.2 Å². The molecule has 1 aliphatic heterocycles. The van der Waals surface area contributed by atoms with Crippen LogP contribution >= 0.6 is 23.4 Å². The van der Waals surface area contributed by atoms with Crippen LogP contribution in [0.4, 0.5) is 0 Å². The van der Waals surface area contributed by atoms with Crippen molar-refractivity contribution in [3.63, 3.8) is 0 Å². The van der Waals surface area contributed by atoms with Crippen LogP contribution in [0.1, 0.15) is 20.8 Å². The zero-order valence-electron chi connectivity index (χ0n) is 17.5. The minimum atomic E-state index is -1.03. The van der Waals surface area contributed by atoms with Gasteiger partial charge in [-0.05, 0) is 12.1 Å². The lowest BCUT2D eigenvalue weighted by Crippen LogP contribution is -2.55. The fourth-order valence-electron chi connectivity index (χ4n) is 3.18. The third-order valence-corrected chi connectivity index (χ3v) is 5.87. The Labute approximate surface area is 193 Å². The van der Waals surface area contributed by atoms with Gasteiger partial charge in [0, 0.05) is 56.2 Å². The third kappa shape index (κ3) is 6.10. The molecule has 2 aromatic rings. The minimum absolute atomic E-state index is 0.267. The molecule has 11 heteroatoms. The van der Waals surface area contributed by atoms with Gasteiger partial charge in [0.1, 0.15) is 5.75 Å². The number of hydrogen-bond acceptors (Lipinski definition) is 10. The quantitative estimate of drug-likeness (QED) is 0.451. The number of ether oxygens (including phenoxy) is 4. The van der Waals surface area contributed by atoms with Gasteiger partial charge < -0.3 is 18.9 Å². The van der Waals surface area contributed by atoms with Crippen molar-refractivity contribution in [3.8, 4) is 16.9 Å². The fraction of sp³-hybridized carbons (Fsp3) is 0.381. The van der Waals surface area contributed by atoms with E-state index in [2.05, 4.69) is 9.97 Å². The summed E-state index contributed by atoms with van der Waals surface area (Å²) >= 11 is 7.49. The van der Waals surface area contributed by atoms with Gasteiger partial charge in [-0.15, -0.1) is 11.8 Å². The van der Waals surface area contributed by atoms with Gasteiger partial charge in [0.15, 0.2) is 23.7 Å². The summed E-state index contributed by atoms with van der Waals surface area (Å²) in [6, 6.07) is 3.49. The maximum atomic E-state index is 11.8. The standard InChI is InChI=1S/C21H21ClN2O7S/c1-11(25)28-18-10-32-21(20(30-13(3)27)19(18)29-12(2)26)31-15-6-14(7-24-8-15)16-4-5-23-9-17(16)22/h4-9,18-21H,10H2,1-3H3/t18-,19+,20-,21?/m1/s1. The van der Waals surface area contributed by atoms with Crippen molar-refractivity contribution in [3.05, 3.63) is 41.9 Å². The Kier molecular flexibility index (Phi) is 7.92. The van der Waals surface area contributed by atoms with Gasteiger partial charge in [-0.3, -0.25) is 24.4 Å². The van der Waals surface area contributed by atoms with Crippen LogP contribution in [0, 0.1) is 0 Å². The molecular weight excluding hydrogens is 460 g/mol. The Balaban J connectivity index is 1.88. The van der Waals surface area contributed by atoms with Gasteiger partial charge in [-0.2, -0.15) is 0 Å². The molecular formula is C21H21ClN2O7S. The first-order chi connectivity index (χ1) is 15.2. The average molecular weight is 481 g/mol. The molecule has 0 N–H and O–H groups in total. The Hall–Kier alpha value is -2.85. The second kappa shape index (κ2) is 10.6. The molecule has 9 nitrogen and oxygen atoms in total. The van der Waals surface area contributed by atoms with Gasteiger partial charge in [0.25, 0.3) is 0 Å². The maximum Gasteiger partial charge on any atom is 0.303 e. The lowest BCUT2D eigenvalue weighted by Gasteiger charge is -2.39. The van der Waals surface area contributed by atoms with E-state index in [4.69, 9.17) is 30.5 Å². The van der Waals surface area contributed by atoms with E-state index in [9.17, 15) is 14.4 Å². The number of halogens is 1. The average Bonchev–Trinajstić information content (AvgIpc) is 2.72. The third-order valence-electron chi connectivity index (χ3n) is 4.35. The van der Waals surface area contributed by atoms with Crippen LogP contribution in [0.25, 0.3) is 11.1 Å². The summed E-state index contributed by atoms with van der Waals surface area (Å²) in [5.74, 6) is -1.09.